The SMILES string of the molecule is CC=C(C)C(CC)=C(C)C(C)=O. The average Bonchev–Trinajstić information content (AvgIpc) is 2.05. The van der Waals surface area contributed by atoms with E-state index in [2.05, 4.69) is 6.92 Å². The number of rotatable bonds is 3. The van der Waals surface area contributed by atoms with Crippen LogP contribution in [0, 0.1) is 0 Å². The van der Waals surface area contributed by atoms with Crippen molar-refractivity contribution in [3.05, 3.63) is 22.8 Å². The summed E-state index contributed by atoms with van der Waals surface area (Å²) in [4.78, 5) is 11.1. The van der Waals surface area contributed by atoms with Crippen molar-refractivity contribution in [1.82, 2.24) is 0 Å². The Morgan fingerprint density at radius 2 is 1.75 bits per heavy atom. The van der Waals surface area contributed by atoms with Crippen LogP contribution in [0.1, 0.15) is 41.0 Å². The lowest BCUT2D eigenvalue weighted by Gasteiger charge is -2.07. The van der Waals surface area contributed by atoms with Crippen LogP contribution in [0.2, 0.25) is 0 Å². The van der Waals surface area contributed by atoms with Gasteiger partial charge in [-0.3, -0.25) is 4.79 Å². The third-order valence-electron chi connectivity index (χ3n) is 2.24. The molecule has 0 aliphatic heterocycles. The van der Waals surface area contributed by atoms with Gasteiger partial charge in [-0.2, -0.15) is 0 Å². The van der Waals surface area contributed by atoms with Crippen LogP contribution in [0.5, 0.6) is 0 Å². The van der Waals surface area contributed by atoms with Crippen LogP contribution in [0.3, 0.4) is 0 Å². The normalized spacial score (nSPS) is 14.2. The van der Waals surface area contributed by atoms with E-state index >= 15 is 0 Å². The maximum atomic E-state index is 11.1. The monoisotopic (exact) mass is 166 g/mol. The van der Waals surface area contributed by atoms with Crippen molar-refractivity contribution >= 4 is 5.78 Å². The molecule has 0 aliphatic carbocycles. The van der Waals surface area contributed by atoms with Crippen molar-refractivity contribution in [2.24, 2.45) is 0 Å². The number of allylic oxidation sites excluding steroid dienone is 4. The second-order valence-corrected chi connectivity index (χ2v) is 2.98. The minimum atomic E-state index is 0.174. The highest BCUT2D eigenvalue weighted by Crippen LogP contribution is 2.18. The van der Waals surface area contributed by atoms with Crippen LogP contribution < -0.4 is 0 Å². The molecule has 0 radical (unpaired) electrons. The molecular formula is C11H18O. The quantitative estimate of drug-likeness (QED) is 0.464. The summed E-state index contributed by atoms with van der Waals surface area (Å²) < 4.78 is 0. The summed E-state index contributed by atoms with van der Waals surface area (Å²) in [5.41, 5.74) is 3.29. The molecule has 68 valence electrons. The van der Waals surface area contributed by atoms with Crippen molar-refractivity contribution < 1.29 is 4.79 Å². The molecule has 1 nitrogen and oxygen atoms in total. The fourth-order valence-electron chi connectivity index (χ4n) is 1.23. The van der Waals surface area contributed by atoms with Gasteiger partial charge in [0.2, 0.25) is 0 Å². The minimum Gasteiger partial charge on any atom is -0.295 e. The third kappa shape index (κ3) is 2.65. The van der Waals surface area contributed by atoms with E-state index in [-0.39, 0.29) is 5.78 Å². The van der Waals surface area contributed by atoms with Crippen LogP contribution in [-0.4, -0.2) is 5.78 Å². The summed E-state index contributed by atoms with van der Waals surface area (Å²) in [6, 6.07) is 0. The van der Waals surface area contributed by atoms with Gasteiger partial charge in [0.05, 0.1) is 0 Å². The number of Topliss-reactive ketones (excluding diaryl/α,β-unsaturated/α-hetero) is 1. The predicted octanol–water partition coefficient (Wildman–Crippen LogP) is 3.27. The van der Waals surface area contributed by atoms with Gasteiger partial charge in [-0.1, -0.05) is 18.6 Å². The van der Waals surface area contributed by atoms with Gasteiger partial charge in [-0.25, -0.2) is 0 Å². The van der Waals surface area contributed by atoms with Crippen LogP contribution in [0.25, 0.3) is 0 Å². The Bertz CT molecular complexity index is 231. The van der Waals surface area contributed by atoms with Crippen LogP contribution in [0.15, 0.2) is 22.8 Å². The van der Waals surface area contributed by atoms with Crippen LogP contribution >= 0.6 is 0 Å². The molecule has 0 aromatic rings. The molecule has 0 fully saturated rings. The summed E-state index contributed by atoms with van der Waals surface area (Å²) in [6.45, 7) is 9.64. The van der Waals surface area contributed by atoms with E-state index in [9.17, 15) is 4.79 Å². The van der Waals surface area contributed by atoms with E-state index in [1.54, 1.807) is 6.92 Å². The standard InChI is InChI=1S/C11H18O/c1-6-8(3)11(7-2)9(4)10(5)12/h6H,7H2,1-5H3. The maximum absolute atomic E-state index is 11.1. The molecule has 0 N–H and O–H groups in total. The third-order valence-corrected chi connectivity index (χ3v) is 2.24. The number of hydrogen-bond donors (Lipinski definition) is 0. The highest BCUT2D eigenvalue weighted by atomic mass is 16.1. The summed E-state index contributed by atoms with van der Waals surface area (Å²) in [7, 11) is 0. The molecule has 0 aliphatic rings. The molecule has 0 saturated carbocycles. The zero-order valence-electron chi connectivity index (χ0n) is 8.69. The lowest BCUT2D eigenvalue weighted by atomic mass is 9.97. The Labute approximate surface area is 75.2 Å². The molecule has 1 heteroatoms. The highest BCUT2D eigenvalue weighted by molar-refractivity contribution is 5.94. The number of ketones is 1. The number of carbonyl (C=O) groups excluding carboxylic acids is 1. The molecule has 0 amide bonds. The molecule has 0 unspecified atom stereocenters. The molecule has 0 spiro atoms. The molecule has 0 aromatic heterocycles. The average molecular weight is 166 g/mol. The minimum absolute atomic E-state index is 0.174. The van der Waals surface area contributed by atoms with Gasteiger partial charge in [0.25, 0.3) is 0 Å². The van der Waals surface area contributed by atoms with Gasteiger partial charge >= 0.3 is 0 Å². The second-order valence-electron chi connectivity index (χ2n) is 2.98. The van der Waals surface area contributed by atoms with Gasteiger partial charge in [0, 0.05) is 0 Å². The zero-order chi connectivity index (χ0) is 9.72. The smallest absolute Gasteiger partial charge is 0.155 e. The highest BCUT2D eigenvalue weighted by Gasteiger charge is 2.05. The fourth-order valence-corrected chi connectivity index (χ4v) is 1.23. The van der Waals surface area contributed by atoms with Gasteiger partial charge in [0.1, 0.15) is 0 Å². The van der Waals surface area contributed by atoms with E-state index in [1.807, 2.05) is 26.8 Å². The van der Waals surface area contributed by atoms with Crippen molar-refractivity contribution in [3.63, 3.8) is 0 Å². The Morgan fingerprint density at radius 3 is 2.00 bits per heavy atom. The van der Waals surface area contributed by atoms with E-state index in [0.717, 1.165) is 12.0 Å². The summed E-state index contributed by atoms with van der Waals surface area (Å²) in [6.07, 6.45) is 2.98. The maximum Gasteiger partial charge on any atom is 0.155 e. The molecular weight excluding hydrogens is 148 g/mol. The van der Waals surface area contributed by atoms with E-state index in [4.69, 9.17) is 0 Å². The first-order chi connectivity index (χ1) is 5.54. The van der Waals surface area contributed by atoms with Gasteiger partial charge in [-0.05, 0) is 45.3 Å². The molecule has 12 heavy (non-hydrogen) atoms. The predicted molar refractivity (Wildman–Crippen MR) is 53.1 cm³/mol. The second kappa shape index (κ2) is 4.91. The molecule has 0 saturated heterocycles. The van der Waals surface area contributed by atoms with Crippen LogP contribution in [-0.2, 0) is 4.79 Å². The summed E-state index contributed by atoms with van der Waals surface area (Å²) in [5, 5.41) is 0. The Kier molecular flexibility index (Phi) is 4.57. The van der Waals surface area contributed by atoms with E-state index in [1.165, 1.54) is 11.1 Å². The van der Waals surface area contributed by atoms with Gasteiger partial charge in [0.15, 0.2) is 5.78 Å². The lowest BCUT2D eigenvalue weighted by Crippen LogP contribution is -1.98. The summed E-state index contributed by atoms with van der Waals surface area (Å²) in [5.74, 6) is 0.174. The summed E-state index contributed by atoms with van der Waals surface area (Å²) >= 11 is 0. The first kappa shape index (κ1) is 11.2. The Hall–Kier alpha value is -0.850. The zero-order valence-corrected chi connectivity index (χ0v) is 8.69. The molecule has 0 rings (SSSR count). The number of carbonyl (C=O) groups is 1. The van der Waals surface area contributed by atoms with Crippen molar-refractivity contribution in [1.29, 1.82) is 0 Å². The first-order valence-corrected chi connectivity index (χ1v) is 4.38. The van der Waals surface area contributed by atoms with E-state index < -0.39 is 0 Å². The molecule has 0 aromatic carbocycles. The first-order valence-electron chi connectivity index (χ1n) is 4.38. The van der Waals surface area contributed by atoms with Gasteiger partial charge < -0.3 is 0 Å². The largest absolute Gasteiger partial charge is 0.295 e. The van der Waals surface area contributed by atoms with Crippen molar-refractivity contribution in [2.75, 3.05) is 0 Å². The lowest BCUT2D eigenvalue weighted by molar-refractivity contribution is -0.113. The van der Waals surface area contributed by atoms with Crippen molar-refractivity contribution in [2.45, 2.75) is 41.0 Å². The molecule has 0 heterocycles. The number of hydrogen-bond acceptors (Lipinski definition) is 1. The van der Waals surface area contributed by atoms with Crippen molar-refractivity contribution in [3.8, 4) is 0 Å². The Morgan fingerprint density at radius 1 is 1.25 bits per heavy atom. The van der Waals surface area contributed by atoms with E-state index in [0.29, 0.717) is 0 Å². The molecule has 0 bridgehead atoms. The van der Waals surface area contributed by atoms with Crippen LogP contribution in [0.4, 0.5) is 0 Å². The molecule has 0 atom stereocenters. The Balaban J connectivity index is 5.00. The van der Waals surface area contributed by atoms with Gasteiger partial charge in [-0.15, -0.1) is 0 Å². The topological polar surface area (TPSA) is 17.1 Å². The fraction of sp³-hybridized carbons (Fsp3) is 0.545.